The van der Waals surface area contributed by atoms with Gasteiger partial charge in [-0.2, -0.15) is 0 Å². The summed E-state index contributed by atoms with van der Waals surface area (Å²) < 4.78 is 10.4. The second kappa shape index (κ2) is 4.70. The van der Waals surface area contributed by atoms with Gasteiger partial charge < -0.3 is 15.2 Å². The van der Waals surface area contributed by atoms with Crippen LogP contribution in [0.3, 0.4) is 0 Å². The van der Waals surface area contributed by atoms with Crippen LogP contribution in [0.25, 0.3) is 0 Å². The van der Waals surface area contributed by atoms with E-state index in [1.54, 1.807) is 42.6 Å². The molecule has 0 spiro atoms. The van der Waals surface area contributed by atoms with Gasteiger partial charge in [0.1, 0.15) is 6.04 Å². The Kier molecular flexibility index (Phi) is 2.89. The summed E-state index contributed by atoms with van der Waals surface area (Å²) in [6.45, 7) is 0.180. The number of fused-ring (bicyclic) bond motifs is 1. The average molecular weight is 256 g/mol. The molecule has 1 aliphatic heterocycles. The summed E-state index contributed by atoms with van der Waals surface area (Å²) in [6, 6.07) is 9.57. The van der Waals surface area contributed by atoms with E-state index in [0.29, 0.717) is 22.8 Å². The zero-order valence-corrected chi connectivity index (χ0v) is 10.1. The van der Waals surface area contributed by atoms with Gasteiger partial charge in [0.25, 0.3) is 0 Å². The molecule has 19 heavy (non-hydrogen) atoms. The number of aromatic nitrogens is 1. The molecule has 1 unspecified atom stereocenters. The maximum Gasteiger partial charge on any atom is 0.231 e. The van der Waals surface area contributed by atoms with Crippen LogP contribution in [0.4, 0.5) is 0 Å². The van der Waals surface area contributed by atoms with Gasteiger partial charge in [0.15, 0.2) is 17.3 Å². The molecule has 2 heterocycles. The number of Topliss-reactive ketones (excluding diaryl/α,β-unsaturated/α-hetero) is 1. The molecule has 0 amide bonds. The van der Waals surface area contributed by atoms with Crippen LogP contribution in [0.15, 0.2) is 42.6 Å². The summed E-state index contributed by atoms with van der Waals surface area (Å²) in [6.07, 6.45) is 1.61. The van der Waals surface area contributed by atoms with Crippen LogP contribution in [-0.2, 0) is 0 Å². The van der Waals surface area contributed by atoms with E-state index < -0.39 is 6.04 Å². The number of carbonyl (C=O) groups is 1. The highest BCUT2D eigenvalue weighted by Crippen LogP contribution is 2.33. The number of nitrogens with two attached hydrogens (primary N) is 1. The highest BCUT2D eigenvalue weighted by atomic mass is 16.7. The monoisotopic (exact) mass is 256 g/mol. The van der Waals surface area contributed by atoms with Gasteiger partial charge in [-0.15, -0.1) is 0 Å². The van der Waals surface area contributed by atoms with Crippen LogP contribution in [0.1, 0.15) is 22.1 Å². The number of nitrogens with zero attached hydrogens (tertiary/aromatic N) is 1. The molecular weight excluding hydrogens is 244 g/mol. The minimum atomic E-state index is -0.776. The fraction of sp³-hybridized carbons (Fsp3) is 0.143. The molecule has 1 aromatic heterocycles. The van der Waals surface area contributed by atoms with Crippen molar-refractivity contribution < 1.29 is 14.3 Å². The number of benzene rings is 1. The smallest absolute Gasteiger partial charge is 0.231 e. The van der Waals surface area contributed by atoms with Crippen molar-refractivity contribution in [2.24, 2.45) is 5.73 Å². The molecule has 1 aromatic carbocycles. The number of ether oxygens (including phenoxy) is 2. The molecule has 0 fully saturated rings. The molecule has 0 radical (unpaired) electrons. The topological polar surface area (TPSA) is 74.4 Å². The third-order valence-electron chi connectivity index (χ3n) is 2.95. The fourth-order valence-electron chi connectivity index (χ4n) is 1.92. The third-order valence-corrected chi connectivity index (χ3v) is 2.95. The highest BCUT2D eigenvalue weighted by Gasteiger charge is 2.21. The summed E-state index contributed by atoms with van der Waals surface area (Å²) in [5, 5.41) is 0. The first-order valence-electron chi connectivity index (χ1n) is 5.86. The van der Waals surface area contributed by atoms with Crippen LogP contribution in [-0.4, -0.2) is 17.6 Å². The van der Waals surface area contributed by atoms with Crippen LogP contribution >= 0.6 is 0 Å². The van der Waals surface area contributed by atoms with E-state index in [2.05, 4.69) is 4.98 Å². The maximum atomic E-state index is 12.3. The van der Waals surface area contributed by atoms with E-state index >= 15 is 0 Å². The fourth-order valence-corrected chi connectivity index (χ4v) is 1.92. The largest absolute Gasteiger partial charge is 0.454 e. The maximum absolute atomic E-state index is 12.3. The lowest BCUT2D eigenvalue weighted by Gasteiger charge is -2.10. The van der Waals surface area contributed by atoms with Gasteiger partial charge in [0, 0.05) is 11.8 Å². The lowest BCUT2D eigenvalue weighted by molar-refractivity contribution is 0.0959. The Bertz CT molecular complexity index is 613. The molecule has 2 aromatic rings. The van der Waals surface area contributed by atoms with E-state index in [4.69, 9.17) is 15.2 Å². The number of carbonyl (C=O) groups excluding carboxylic acids is 1. The van der Waals surface area contributed by atoms with Gasteiger partial charge in [-0.1, -0.05) is 6.07 Å². The van der Waals surface area contributed by atoms with Gasteiger partial charge in [-0.05, 0) is 30.3 Å². The Morgan fingerprint density at radius 1 is 1.21 bits per heavy atom. The minimum absolute atomic E-state index is 0.180. The van der Waals surface area contributed by atoms with Gasteiger partial charge >= 0.3 is 0 Å². The molecule has 2 N–H and O–H groups in total. The molecular formula is C14H12N2O3. The van der Waals surface area contributed by atoms with Crippen molar-refractivity contribution in [3.8, 4) is 11.5 Å². The Morgan fingerprint density at radius 2 is 2.05 bits per heavy atom. The second-order valence-electron chi connectivity index (χ2n) is 4.16. The van der Waals surface area contributed by atoms with Crippen LogP contribution in [0.2, 0.25) is 0 Å². The number of rotatable bonds is 3. The van der Waals surface area contributed by atoms with Crippen molar-refractivity contribution in [3.05, 3.63) is 53.9 Å². The van der Waals surface area contributed by atoms with Crippen molar-refractivity contribution in [3.63, 3.8) is 0 Å². The second-order valence-corrected chi connectivity index (χ2v) is 4.16. The van der Waals surface area contributed by atoms with Crippen molar-refractivity contribution in [1.82, 2.24) is 4.98 Å². The first kappa shape index (κ1) is 11.7. The molecule has 0 aliphatic carbocycles. The number of ketones is 1. The lowest BCUT2D eigenvalue weighted by Crippen LogP contribution is -2.22. The van der Waals surface area contributed by atoms with E-state index in [0.717, 1.165) is 0 Å². The summed E-state index contributed by atoms with van der Waals surface area (Å²) >= 11 is 0. The Labute approximate surface area is 110 Å². The van der Waals surface area contributed by atoms with Crippen LogP contribution in [0, 0.1) is 0 Å². The SMILES string of the molecule is NC(C(=O)c1ccc2c(c1)OCO2)c1ccccn1. The summed E-state index contributed by atoms with van der Waals surface area (Å²) in [4.78, 5) is 16.4. The Balaban J connectivity index is 1.88. The summed E-state index contributed by atoms with van der Waals surface area (Å²) in [7, 11) is 0. The molecule has 1 atom stereocenters. The summed E-state index contributed by atoms with van der Waals surface area (Å²) in [5.74, 6) is 1.01. The zero-order chi connectivity index (χ0) is 13.2. The van der Waals surface area contributed by atoms with Gasteiger partial charge in [0.05, 0.1) is 5.69 Å². The first-order chi connectivity index (χ1) is 9.25. The highest BCUT2D eigenvalue weighted by molar-refractivity contribution is 6.00. The lowest BCUT2D eigenvalue weighted by atomic mass is 10.0. The molecule has 1 aliphatic rings. The van der Waals surface area contributed by atoms with E-state index in [1.807, 2.05) is 0 Å². The number of hydrogen-bond donors (Lipinski definition) is 1. The van der Waals surface area contributed by atoms with Crippen molar-refractivity contribution in [1.29, 1.82) is 0 Å². The molecule has 5 nitrogen and oxygen atoms in total. The molecule has 0 bridgehead atoms. The summed E-state index contributed by atoms with van der Waals surface area (Å²) in [5.41, 5.74) is 6.97. The predicted octanol–water partition coefficient (Wildman–Crippen LogP) is 1.69. The van der Waals surface area contributed by atoms with E-state index in [9.17, 15) is 4.79 Å². The number of hydrogen-bond acceptors (Lipinski definition) is 5. The molecule has 0 saturated heterocycles. The van der Waals surface area contributed by atoms with Crippen molar-refractivity contribution in [2.75, 3.05) is 6.79 Å². The molecule has 0 saturated carbocycles. The van der Waals surface area contributed by atoms with Gasteiger partial charge in [-0.3, -0.25) is 9.78 Å². The van der Waals surface area contributed by atoms with E-state index in [1.165, 1.54) is 0 Å². The van der Waals surface area contributed by atoms with Crippen molar-refractivity contribution >= 4 is 5.78 Å². The van der Waals surface area contributed by atoms with Gasteiger partial charge in [0.2, 0.25) is 6.79 Å². The molecule has 5 heteroatoms. The normalized spacial score (nSPS) is 14.2. The molecule has 3 rings (SSSR count). The Morgan fingerprint density at radius 3 is 2.84 bits per heavy atom. The van der Waals surface area contributed by atoms with Gasteiger partial charge in [-0.25, -0.2) is 0 Å². The predicted molar refractivity (Wildman–Crippen MR) is 68.1 cm³/mol. The quantitative estimate of drug-likeness (QED) is 0.846. The van der Waals surface area contributed by atoms with E-state index in [-0.39, 0.29) is 12.6 Å². The standard InChI is InChI=1S/C14H12N2O3/c15-13(10-3-1-2-6-16-10)14(17)9-4-5-11-12(7-9)19-8-18-11/h1-7,13H,8,15H2. The third kappa shape index (κ3) is 2.15. The van der Waals surface area contributed by atoms with Crippen LogP contribution < -0.4 is 15.2 Å². The van der Waals surface area contributed by atoms with Crippen LogP contribution in [0.5, 0.6) is 11.5 Å². The zero-order valence-electron chi connectivity index (χ0n) is 10.1. The molecule has 96 valence electrons. The van der Waals surface area contributed by atoms with Crippen molar-refractivity contribution in [2.45, 2.75) is 6.04 Å². The average Bonchev–Trinajstić information content (AvgIpc) is 2.94. The Hall–Kier alpha value is -2.40. The minimum Gasteiger partial charge on any atom is -0.454 e. The number of pyridine rings is 1. The first-order valence-corrected chi connectivity index (χ1v) is 5.86.